The molecule has 148 valence electrons. The van der Waals surface area contributed by atoms with Crippen molar-refractivity contribution in [3.63, 3.8) is 0 Å². The summed E-state index contributed by atoms with van der Waals surface area (Å²) in [6, 6.07) is 5.03. The summed E-state index contributed by atoms with van der Waals surface area (Å²) < 4.78 is 123. The SMILES string of the molecule is CCc1cccc(C(C)(O)CC2(F)C(F)(F)C(F)(F)C(F)(F)C2(F)F)c1. The van der Waals surface area contributed by atoms with Gasteiger partial charge in [0.05, 0.1) is 5.60 Å². The highest BCUT2D eigenvalue weighted by Gasteiger charge is 3.00. The van der Waals surface area contributed by atoms with Crippen LogP contribution in [0.3, 0.4) is 0 Å². The number of aliphatic hydroxyl groups is 1. The van der Waals surface area contributed by atoms with E-state index in [-0.39, 0.29) is 5.56 Å². The quantitative estimate of drug-likeness (QED) is 0.704. The van der Waals surface area contributed by atoms with Crippen LogP contribution in [0.4, 0.5) is 39.5 Å². The van der Waals surface area contributed by atoms with E-state index in [4.69, 9.17) is 0 Å². The molecule has 0 spiro atoms. The zero-order valence-corrected chi connectivity index (χ0v) is 13.6. The molecule has 0 radical (unpaired) electrons. The van der Waals surface area contributed by atoms with Crippen LogP contribution in [0.5, 0.6) is 0 Å². The first-order valence-electron chi connectivity index (χ1n) is 7.51. The van der Waals surface area contributed by atoms with E-state index >= 15 is 0 Å². The van der Waals surface area contributed by atoms with Crippen LogP contribution in [-0.4, -0.2) is 34.5 Å². The molecule has 2 rings (SSSR count). The van der Waals surface area contributed by atoms with E-state index in [1.54, 1.807) is 6.92 Å². The Labute approximate surface area is 142 Å². The average Bonchev–Trinajstić information content (AvgIpc) is 2.57. The van der Waals surface area contributed by atoms with Gasteiger partial charge in [0.25, 0.3) is 5.67 Å². The van der Waals surface area contributed by atoms with E-state index in [2.05, 4.69) is 0 Å². The topological polar surface area (TPSA) is 20.2 Å². The molecule has 0 heterocycles. The van der Waals surface area contributed by atoms with Gasteiger partial charge in [0.2, 0.25) is 0 Å². The van der Waals surface area contributed by atoms with Gasteiger partial charge in [-0.05, 0) is 24.5 Å². The second-order valence-electron chi connectivity index (χ2n) is 6.60. The Kier molecular flexibility index (Phi) is 4.43. The van der Waals surface area contributed by atoms with Gasteiger partial charge in [-0.3, -0.25) is 0 Å². The monoisotopic (exact) mass is 394 g/mol. The number of rotatable bonds is 4. The number of hydrogen-bond donors (Lipinski definition) is 1. The van der Waals surface area contributed by atoms with Crippen LogP contribution in [-0.2, 0) is 12.0 Å². The van der Waals surface area contributed by atoms with Crippen LogP contribution in [0.15, 0.2) is 24.3 Å². The number of aryl methyl sites for hydroxylation is 1. The molecule has 1 fully saturated rings. The molecule has 1 saturated carbocycles. The molecule has 1 aromatic rings. The van der Waals surface area contributed by atoms with Crippen molar-refractivity contribution in [2.24, 2.45) is 0 Å². The number of hydrogen-bond acceptors (Lipinski definition) is 1. The fourth-order valence-corrected chi connectivity index (χ4v) is 3.01. The Morgan fingerprint density at radius 1 is 0.846 bits per heavy atom. The maximum absolute atomic E-state index is 14.6. The number of benzene rings is 1. The van der Waals surface area contributed by atoms with Crippen LogP contribution in [0, 0.1) is 0 Å². The minimum atomic E-state index is -6.64. The maximum atomic E-state index is 14.6. The number of halogens is 9. The van der Waals surface area contributed by atoms with Gasteiger partial charge in [-0.25, -0.2) is 4.39 Å². The van der Waals surface area contributed by atoms with Crippen molar-refractivity contribution in [3.05, 3.63) is 35.4 Å². The molecule has 1 N–H and O–H groups in total. The Balaban J connectivity index is 2.58. The van der Waals surface area contributed by atoms with Gasteiger partial charge in [0.1, 0.15) is 0 Å². The predicted octanol–water partition coefficient (Wildman–Crippen LogP) is 5.11. The maximum Gasteiger partial charge on any atom is 0.381 e. The molecule has 26 heavy (non-hydrogen) atoms. The third-order valence-corrected chi connectivity index (χ3v) is 4.72. The molecule has 1 aromatic carbocycles. The van der Waals surface area contributed by atoms with Crippen LogP contribution >= 0.6 is 0 Å². The summed E-state index contributed by atoms with van der Waals surface area (Å²) in [5.74, 6) is -26.1. The van der Waals surface area contributed by atoms with E-state index in [0.29, 0.717) is 18.9 Å². The standard InChI is InChI=1S/C16H15F9O/c1-3-9-5-4-6-10(7-9)11(2,26)8-12(17)13(18,19)15(22,23)16(24,25)14(12,20)21/h4-7,26H,3,8H2,1-2H3. The van der Waals surface area contributed by atoms with Gasteiger partial charge in [-0.2, -0.15) is 35.1 Å². The second-order valence-corrected chi connectivity index (χ2v) is 6.60. The first kappa shape index (κ1) is 20.9. The van der Waals surface area contributed by atoms with Gasteiger partial charge < -0.3 is 5.11 Å². The Morgan fingerprint density at radius 3 is 1.73 bits per heavy atom. The Hall–Kier alpha value is -1.45. The molecule has 0 saturated heterocycles. The molecule has 1 atom stereocenters. The summed E-state index contributed by atoms with van der Waals surface area (Å²) in [4.78, 5) is 0. The first-order valence-corrected chi connectivity index (χ1v) is 7.51. The largest absolute Gasteiger partial charge is 0.385 e. The van der Waals surface area contributed by atoms with E-state index < -0.39 is 41.4 Å². The molecule has 1 aliphatic rings. The predicted molar refractivity (Wildman–Crippen MR) is 73.6 cm³/mol. The van der Waals surface area contributed by atoms with Crippen molar-refractivity contribution in [2.75, 3.05) is 0 Å². The fourth-order valence-electron chi connectivity index (χ4n) is 3.01. The zero-order chi connectivity index (χ0) is 20.4. The van der Waals surface area contributed by atoms with Gasteiger partial charge in [0, 0.05) is 6.42 Å². The van der Waals surface area contributed by atoms with E-state index in [0.717, 1.165) is 12.1 Å². The molecule has 1 nitrogen and oxygen atoms in total. The molecule has 0 aliphatic heterocycles. The highest BCUT2D eigenvalue weighted by atomic mass is 19.4. The lowest BCUT2D eigenvalue weighted by Gasteiger charge is -2.37. The van der Waals surface area contributed by atoms with Crippen molar-refractivity contribution in [1.29, 1.82) is 0 Å². The van der Waals surface area contributed by atoms with Crippen molar-refractivity contribution in [1.82, 2.24) is 0 Å². The lowest BCUT2D eigenvalue weighted by molar-refractivity contribution is -0.303. The minimum absolute atomic E-state index is 0.348. The van der Waals surface area contributed by atoms with E-state index in [1.165, 1.54) is 12.1 Å². The highest BCUT2D eigenvalue weighted by molar-refractivity contribution is 5.32. The third kappa shape index (κ3) is 2.30. The molecule has 10 heteroatoms. The lowest BCUT2D eigenvalue weighted by Crippen LogP contribution is -2.57. The van der Waals surface area contributed by atoms with Crippen molar-refractivity contribution in [3.8, 4) is 0 Å². The molecular weight excluding hydrogens is 379 g/mol. The summed E-state index contributed by atoms with van der Waals surface area (Å²) in [7, 11) is 0. The zero-order valence-electron chi connectivity index (χ0n) is 13.6. The summed E-state index contributed by atoms with van der Waals surface area (Å²) in [5.41, 5.74) is -8.38. The molecule has 0 bridgehead atoms. The minimum Gasteiger partial charge on any atom is -0.385 e. The summed E-state index contributed by atoms with van der Waals surface area (Å²) in [6.45, 7) is 2.27. The van der Waals surface area contributed by atoms with E-state index in [1.807, 2.05) is 0 Å². The van der Waals surface area contributed by atoms with Gasteiger partial charge in [0.15, 0.2) is 0 Å². The molecule has 0 amide bonds. The molecule has 1 unspecified atom stereocenters. The number of alkyl halides is 9. The summed E-state index contributed by atoms with van der Waals surface area (Å²) in [6.07, 6.45) is -1.99. The fraction of sp³-hybridized carbons (Fsp3) is 0.625. The average molecular weight is 394 g/mol. The van der Waals surface area contributed by atoms with Crippen LogP contribution in [0.1, 0.15) is 31.4 Å². The third-order valence-electron chi connectivity index (χ3n) is 4.72. The summed E-state index contributed by atoms with van der Waals surface area (Å²) >= 11 is 0. The smallest absolute Gasteiger partial charge is 0.381 e. The van der Waals surface area contributed by atoms with Crippen molar-refractivity contribution < 1.29 is 44.6 Å². The summed E-state index contributed by atoms with van der Waals surface area (Å²) in [5, 5.41) is 10.2. The van der Waals surface area contributed by atoms with Crippen molar-refractivity contribution >= 4 is 0 Å². The van der Waals surface area contributed by atoms with E-state index in [9.17, 15) is 44.6 Å². The highest BCUT2D eigenvalue weighted by Crippen LogP contribution is 2.70. The Bertz CT molecular complexity index is 671. The molecular formula is C16H15F9O. The van der Waals surface area contributed by atoms with Crippen molar-refractivity contribution in [2.45, 2.75) is 61.6 Å². The lowest BCUT2D eigenvalue weighted by atomic mass is 9.80. The second kappa shape index (κ2) is 5.53. The molecule has 1 aliphatic carbocycles. The van der Waals surface area contributed by atoms with Gasteiger partial charge in [-0.15, -0.1) is 0 Å². The Morgan fingerprint density at radius 2 is 1.31 bits per heavy atom. The normalized spacial score (nSPS) is 27.1. The molecule has 0 aromatic heterocycles. The van der Waals surface area contributed by atoms with Crippen LogP contribution in [0.2, 0.25) is 0 Å². The van der Waals surface area contributed by atoms with Gasteiger partial charge in [-0.1, -0.05) is 31.2 Å². The van der Waals surface area contributed by atoms with Gasteiger partial charge >= 0.3 is 23.7 Å². The van der Waals surface area contributed by atoms with Crippen LogP contribution in [0.25, 0.3) is 0 Å². The first-order chi connectivity index (χ1) is 11.5. The van der Waals surface area contributed by atoms with Crippen LogP contribution < -0.4 is 0 Å².